The van der Waals surface area contributed by atoms with Crippen molar-refractivity contribution in [2.45, 2.75) is 10.3 Å². The third-order valence-electron chi connectivity index (χ3n) is 2.16. The molecule has 1 N–H and O–H groups in total. The monoisotopic (exact) mass is 355 g/mol. The summed E-state index contributed by atoms with van der Waals surface area (Å²) < 4.78 is 14.2. The van der Waals surface area contributed by atoms with Gasteiger partial charge in [-0.1, -0.05) is 28.7 Å². The van der Waals surface area contributed by atoms with E-state index in [0.29, 0.717) is 8.40 Å². The number of hydrogen-bond acceptors (Lipinski definition) is 1. The molecule has 0 aromatic heterocycles. The van der Waals surface area contributed by atoms with Gasteiger partial charge in [0, 0.05) is 10.5 Å². The van der Waals surface area contributed by atoms with Crippen LogP contribution in [-0.2, 0) is 0 Å². The summed E-state index contributed by atoms with van der Waals surface area (Å²) in [6, 6.07) is 3.38. The molecule has 0 fully saturated rings. The fourth-order valence-corrected chi connectivity index (χ4v) is 2.82. The Hall–Kier alpha value is 0.160. The Morgan fingerprint density at radius 3 is 3.08 bits per heavy atom. The zero-order valence-electron chi connectivity index (χ0n) is 6.78. The van der Waals surface area contributed by atoms with Crippen LogP contribution in [0.25, 0.3) is 0 Å². The Kier molecular flexibility index (Phi) is 2.78. The number of rotatable bonds is 0. The van der Waals surface area contributed by atoms with Crippen molar-refractivity contribution in [2.24, 2.45) is 0 Å². The van der Waals surface area contributed by atoms with Gasteiger partial charge in [0.1, 0.15) is 5.82 Å². The van der Waals surface area contributed by atoms with E-state index < -0.39 is 0 Å². The maximum atomic E-state index is 13.1. The van der Waals surface area contributed by atoms with Crippen LogP contribution in [0.2, 0.25) is 0 Å². The number of hydrogen-bond donors (Lipinski definition) is 1. The van der Waals surface area contributed by atoms with E-state index in [2.05, 4.69) is 43.8 Å². The van der Waals surface area contributed by atoms with Crippen LogP contribution in [0.3, 0.4) is 0 Å². The Morgan fingerprint density at radius 2 is 2.31 bits per heavy atom. The van der Waals surface area contributed by atoms with E-state index >= 15 is 0 Å². The third kappa shape index (κ3) is 1.70. The van der Waals surface area contributed by atoms with Gasteiger partial charge in [-0.05, 0) is 34.0 Å². The first-order valence-corrected chi connectivity index (χ1v) is 6.10. The second-order valence-corrected chi connectivity index (χ2v) is 5.31. The fraction of sp³-hybridized carbons (Fsp3) is 0.333. The normalized spacial score (nSPS) is 20.7. The van der Waals surface area contributed by atoms with Crippen molar-refractivity contribution in [3.63, 3.8) is 0 Å². The van der Waals surface area contributed by atoms with Gasteiger partial charge in [0.05, 0.1) is 10.2 Å². The summed E-state index contributed by atoms with van der Waals surface area (Å²) in [5.41, 5.74) is 2.12. The predicted octanol–water partition coefficient (Wildman–Crippen LogP) is 3.88. The summed E-state index contributed by atoms with van der Waals surface area (Å²) in [5.74, 6) is -0.197. The first-order chi connectivity index (χ1) is 6.20. The van der Waals surface area contributed by atoms with Gasteiger partial charge in [-0.25, -0.2) is 4.39 Å². The highest BCUT2D eigenvalue weighted by atomic mass is 127. The summed E-state index contributed by atoms with van der Waals surface area (Å²) in [6.07, 6.45) is 1.10. The SMILES string of the molecule is Fc1ccc2c(c1Br)NCCC2I. The largest absolute Gasteiger partial charge is 0.384 e. The lowest BCUT2D eigenvalue weighted by Gasteiger charge is -2.23. The standard InChI is InChI=1S/C9H8BrFIN/c10-8-6(11)2-1-5-7(12)3-4-13-9(5)8/h1-2,7,13H,3-4H2. The minimum atomic E-state index is -0.197. The Balaban J connectivity index is 2.56. The number of nitrogens with one attached hydrogen (secondary N) is 1. The van der Waals surface area contributed by atoms with E-state index in [0.717, 1.165) is 18.7 Å². The van der Waals surface area contributed by atoms with Gasteiger partial charge in [0.2, 0.25) is 0 Å². The van der Waals surface area contributed by atoms with Gasteiger partial charge in [-0.2, -0.15) is 0 Å². The molecule has 0 saturated heterocycles. The molecule has 0 radical (unpaired) electrons. The molecule has 1 unspecified atom stereocenters. The van der Waals surface area contributed by atoms with Crippen LogP contribution < -0.4 is 5.32 Å². The van der Waals surface area contributed by atoms with Crippen molar-refractivity contribution >= 4 is 44.2 Å². The van der Waals surface area contributed by atoms with Crippen LogP contribution in [0.4, 0.5) is 10.1 Å². The Morgan fingerprint density at radius 1 is 1.54 bits per heavy atom. The molecular weight excluding hydrogens is 348 g/mol. The summed E-state index contributed by atoms with van der Waals surface area (Å²) in [7, 11) is 0. The van der Waals surface area contributed by atoms with Gasteiger partial charge in [-0.3, -0.25) is 0 Å². The molecule has 0 spiro atoms. The van der Waals surface area contributed by atoms with Crippen LogP contribution in [0.15, 0.2) is 16.6 Å². The first kappa shape index (κ1) is 9.71. The van der Waals surface area contributed by atoms with E-state index in [1.165, 1.54) is 11.6 Å². The maximum Gasteiger partial charge on any atom is 0.139 e. The Bertz CT molecular complexity index is 343. The van der Waals surface area contributed by atoms with E-state index in [4.69, 9.17) is 0 Å². The molecule has 1 atom stereocenters. The minimum absolute atomic E-state index is 0.197. The second-order valence-electron chi connectivity index (χ2n) is 3.01. The summed E-state index contributed by atoms with van der Waals surface area (Å²) in [4.78, 5) is 0. The average Bonchev–Trinajstić information content (AvgIpc) is 2.12. The van der Waals surface area contributed by atoms with E-state index in [1.807, 2.05) is 6.07 Å². The molecule has 0 saturated carbocycles. The molecule has 13 heavy (non-hydrogen) atoms. The molecule has 1 nitrogen and oxygen atoms in total. The highest BCUT2D eigenvalue weighted by molar-refractivity contribution is 14.1. The lowest BCUT2D eigenvalue weighted by Crippen LogP contribution is -2.14. The zero-order valence-corrected chi connectivity index (χ0v) is 10.5. The summed E-state index contributed by atoms with van der Waals surface area (Å²) >= 11 is 5.65. The van der Waals surface area contributed by atoms with E-state index in [9.17, 15) is 4.39 Å². The molecule has 1 heterocycles. The maximum absolute atomic E-state index is 13.1. The molecule has 1 aliphatic heterocycles. The molecule has 2 rings (SSSR count). The van der Waals surface area contributed by atoms with Gasteiger partial charge in [-0.15, -0.1) is 0 Å². The lowest BCUT2D eigenvalue weighted by atomic mass is 10.0. The van der Waals surface area contributed by atoms with Crippen molar-refractivity contribution in [2.75, 3.05) is 11.9 Å². The van der Waals surface area contributed by atoms with Gasteiger partial charge in [0.25, 0.3) is 0 Å². The highest BCUT2D eigenvalue weighted by Crippen LogP contribution is 2.40. The number of alkyl halides is 1. The van der Waals surface area contributed by atoms with Gasteiger partial charge in [0.15, 0.2) is 0 Å². The molecule has 4 heteroatoms. The number of halogens is 3. The second kappa shape index (κ2) is 3.73. The summed E-state index contributed by atoms with van der Waals surface area (Å²) in [6.45, 7) is 0.919. The zero-order chi connectivity index (χ0) is 9.42. The van der Waals surface area contributed by atoms with Crippen molar-refractivity contribution in [1.82, 2.24) is 0 Å². The fourth-order valence-electron chi connectivity index (χ4n) is 1.49. The van der Waals surface area contributed by atoms with Crippen LogP contribution in [0.5, 0.6) is 0 Å². The first-order valence-electron chi connectivity index (χ1n) is 4.06. The van der Waals surface area contributed by atoms with Crippen molar-refractivity contribution in [1.29, 1.82) is 0 Å². The van der Waals surface area contributed by atoms with Crippen LogP contribution in [0, 0.1) is 5.82 Å². The average molecular weight is 356 g/mol. The van der Waals surface area contributed by atoms with Crippen molar-refractivity contribution in [3.8, 4) is 0 Å². The molecular formula is C9H8BrFIN. The molecule has 0 aliphatic carbocycles. The van der Waals surface area contributed by atoms with E-state index in [1.54, 1.807) is 0 Å². The van der Waals surface area contributed by atoms with Crippen LogP contribution in [-0.4, -0.2) is 6.54 Å². The summed E-state index contributed by atoms with van der Waals surface area (Å²) in [5, 5.41) is 3.21. The van der Waals surface area contributed by atoms with Crippen molar-refractivity contribution < 1.29 is 4.39 Å². The number of fused-ring (bicyclic) bond motifs is 1. The van der Waals surface area contributed by atoms with Crippen LogP contribution >= 0.6 is 38.5 Å². The molecule has 1 aliphatic rings. The van der Waals surface area contributed by atoms with Gasteiger partial charge < -0.3 is 5.32 Å². The molecule has 0 bridgehead atoms. The molecule has 70 valence electrons. The predicted molar refractivity (Wildman–Crippen MR) is 64.0 cm³/mol. The Labute approximate surface area is 98.4 Å². The molecule has 0 amide bonds. The van der Waals surface area contributed by atoms with Gasteiger partial charge >= 0.3 is 0 Å². The van der Waals surface area contributed by atoms with E-state index in [-0.39, 0.29) is 5.82 Å². The highest BCUT2D eigenvalue weighted by Gasteiger charge is 2.20. The van der Waals surface area contributed by atoms with Crippen molar-refractivity contribution in [3.05, 3.63) is 28.0 Å². The quantitative estimate of drug-likeness (QED) is 0.550. The molecule has 1 aromatic carbocycles. The topological polar surface area (TPSA) is 12.0 Å². The lowest BCUT2D eigenvalue weighted by molar-refractivity contribution is 0.619. The third-order valence-corrected chi connectivity index (χ3v) is 4.23. The smallest absolute Gasteiger partial charge is 0.139 e. The molecule has 1 aromatic rings. The van der Waals surface area contributed by atoms with Crippen LogP contribution in [0.1, 0.15) is 15.9 Å². The number of anilines is 1. The minimum Gasteiger partial charge on any atom is -0.384 e. The number of benzene rings is 1.